The number of H-pyrrole nitrogens is 1. The number of thioether (sulfide) groups is 1. The second-order valence-corrected chi connectivity index (χ2v) is 7.83. The highest BCUT2D eigenvalue weighted by atomic mass is 32.2. The lowest BCUT2D eigenvalue weighted by Crippen LogP contribution is -2.37. The zero-order valence-electron chi connectivity index (χ0n) is 16.8. The summed E-state index contributed by atoms with van der Waals surface area (Å²) in [4.78, 5) is 25.1. The third-order valence-corrected chi connectivity index (χ3v) is 5.90. The molecule has 2 aromatic carbocycles. The van der Waals surface area contributed by atoms with Crippen LogP contribution < -0.4 is 20.4 Å². The molecule has 1 heterocycles. The van der Waals surface area contributed by atoms with Crippen molar-refractivity contribution in [2.75, 3.05) is 12.4 Å². The van der Waals surface area contributed by atoms with E-state index < -0.39 is 10.9 Å². The van der Waals surface area contributed by atoms with Crippen molar-refractivity contribution in [3.63, 3.8) is 0 Å². The van der Waals surface area contributed by atoms with Crippen molar-refractivity contribution in [1.29, 1.82) is 0 Å². The summed E-state index contributed by atoms with van der Waals surface area (Å²) in [5, 5.41) is 5.41. The van der Waals surface area contributed by atoms with Crippen LogP contribution in [0.4, 0.5) is 5.69 Å². The predicted octanol–water partition coefficient (Wildman–Crippen LogP) is 3.38. The van der Waals surface area contributed by atoms with Crippen molar-refractivity contribution >= 4 is 23.4 Å². The van der Waals surface area contributed by atoms with E-state index in [0.29, 0.717) is 22.9 Å². The summed E-state index contributed by atoms with van der Waals surface area (Å²) >= 11 is 1.17. The Kier molecular flexibility index (Phi) is 6.43. The number of nitrogens with zero attached hydrogens (tertiary/aromatic N) is 1. The van der Waals surface area contributed by atoms with E-state index in [0.717, 1.165) is 16.8 Å². The Hall–Kier alpha value is -3.00. The van der Waals surface area contributed by atoms with Crippen LogP contribution in [0.1, 0.15) is 24.5 Å². The van der Waals surface area contributed by atoms with Gasteiger partial charge in [0.25, 0.3) is 0 Å². The maximum absolute atomic E-state index is 12.8. The Bertz CT molecular complexity index is 1060. The molecule has 2 N–H and O–H groups in total. The fraction of sp³-hybridized carbons (Fsp3) is 0.286. The van der Waals surface area contributed by atoms with E-state index in [9.17, 15) is 9.59 Å². The number of aromatic nitrogens is 2. The van der Waals surface area contributed by atoms with E-state index in [2.05, 4.69) is 10.6 Å². The van der Waals surface area contributed by atoms with Gasteiger partial charge in [0, 0.05) is 17.8 Å². The lowest BCUT2D eigenvalue weighted by molar-refractivity contribution is -0.704. The van der Waals surface area contributed by atoms with Gasteiger partial charge >= 0.3 is 10.7 Å². The van der Waals surface area contributed by atoms with Crippen molar-refractivity contribution in [3.8, 4) is 11.4 Å². The molecule has 0 fully saturated rings. The average molecular weight is 415 g/mol. The number of hydrogen-bond acceptors (Lipinski definition) is 5. The summed E-state index contributed by atoms with van der Waals surface area (Å²) in [5.74, 6) is 0.542. The van der Waals surface area contributed by atoms with Gasteiger partial charge in [-0.25, -0.2) is 4.79 Å². The van der Waals surface area contributed by atoms with Crippen molar-refractivity contribution in [1.82, 2.24) is 5.27 Å². The molecule has 1 unspecified atom stereocenters. The number of carbonyl (C=O) groups excluding carboxylic acids is 1. The Balaban J connectivity index is 1.82. The molecular weight excluding hydrogens is 390 g/mol. The first-order chi connectivity index (χ1) is 13.9. The number of benzene rings is 2. The quantitative estimate of drug-likeness (QED) is 0.457. The number of amides is 1. The van der Waals surface area contributed by atoms with E-state index in [-0.39, 0.29) is 5.91 Å². The second-order valence-electron chi connectivity index (χ2n) is 6.64. The average Bonchev–Trinajstić information content (AvgIpc) is 3.08. The molecule has 0 spiro atoms. The predicted molar refractivity (Wildman–Crippen MR) is 112 cm³/mol. The fourth-order valence-electron chi connectivity index (χ4n) is 2.89. The largest absolute Gasteiger partial charge is 0.497 e. The standard InChI is InChI=1S/C21H23N3O4S/c1-5-18(19(25)22-17-11-6-13(2)12-14(17)3)29-20-21(26)28-23-24(20)15-7-9-16(27-4)10-8-15/h6-12,18H,5H2,1-4H3,(H-,22,23,25,26)/p+1. The molecule has 152 valence electrons. The first kappa shape index (κ1) is 20.7. The molecule has 0 aliphatic heterocycles. The molecule has 0 radical (unpaired) electrons. The molecule has 1 amide bonds. The van der Waals surface area contributed by atoms with Gasteiger partial charge in [-0.1, -0.05) is 24.6 Å². The number of nitrogens with one attached hydrogen (secondary N) is 2. The van der Waals surface area contributed by atoms with Crippen molar-refractivity contribution in [2.45, 2.75) is 37.5 Å². The fourth-order valence-corrected chi connectivity index (χ4v) is 3.88. The normalized spacial score (nSPS) is 11.9. The Morgan fingerprint density at radius 3 is 2.59 bits per heavy atom. The van der Waals surface area contributed by atoms with Crippen LogP contribution in [0.25, 0.3) is 5.69 Å². The Morgan fingerprint density at radius 2 is 1.97 bits per heavy atom. The van der Waals surface area contributed by atoms with Crippen LogP contribution in [0.2, 0.25) is 0 Å². The first-order valence-corrected chi connectivity index (χ1v) is 10.1. The number of aryl methyl sites for hydroxylation is 2. The van der Waals surface area contributed by atoms with Crippen LogP contribution in [-0.4, -0.2) is 23.5 Å². The molecule has 0 aliphatic rings. The molecule has 0 bridgehead atoms. The highest BCUT2D eigenvalue weighted by molar-refractivity contribution is 8.00. The molecule has 0 aliphatic carbocycles. The smallest absolute Gasteiger partial charge is 0.442 e. The van der Waals surface area contributed by atoms with Crippen LogP contribution in [0, 0.1) is 13.8 Å². The first-order valence-electron chi connectivity index (χ1n) is 9.25. The number of aromatic amines is 1. The number of ether oxygens (including phenoxy) is 1. The SMILES string of the molecule is CCC(Sc1c(=O)o[nH][n+]1-c1ccc(OC)cc1)C(=O)Nc1ccc(C)cc1C. The van der Waals surface area contributed by atoms with Crippen molar-refractivity contribution < 1.29 is 18.7 Å². The highest BCUT2D eigenvalue weighted by Gasteiger charge is 2.30. The summed E-state index contributed by atoms with van der Waals surface area (Å²) in [6.45, 7) is 5.87. The maximum Gasteiger partial charge on any atom is 0.442 e. The van der Waals surface area contributed by atoms with Crippen molar-refractivity contribution in [3.05, 3.63) is 64.0 Å². The number of hydrogen-bond donors (Lipinski definition) is 2. The van der Waals surface area contributed by atoms with Crippen LogP contribution in [0.15, 0.2) is 56.8 Å². The summed E-state index contributed by atoms with van der Waals surface area (Å²) in [6.07, 6.45) is 0.550. The zero-order chi connectivity index (χ0) is 21.0. The van der Waals surface area contributed by atoms with Crippen LogP contribution >= 0.6 is 11.8 Å². The molecule has 7 nitrogen and oxygen atoms in total. The lowest BCUT2D eigenvalue weighted by atomic mass is 10.1. The molecule has 3 aromatic rings. The topological polar surface area (TPSA) is 88.2 Å². The van der Waals surface area contributed by atoms with Crippen LogP contribution in [-0.2, 0) is 4.79 Å². The maximum atomic E-state index is 12.8. The lowest BCUT2D eigenvalue weighted by Gasteiger charge is -2.14. The van der Waals surface area contributed by atoms with E-state index >= 15 is 0 Å². The molecule has 1 atom stereocenters. The van der Waals surface area contributed by atoms with Gasteiger partial charge in [-0.3, -0.25) is 9.32 Å². The molecular formula is C21H24N3O4S+. The van der Waals surface area contributed by atoms with Gasteiger partial charge in [0.15, 0.2) is 0 Å². The van der Waals surface area contributed by atoms with Gasteiger partial charge in [-0.15, -0.1) is 0 Å². The third-order valence-electron chi connectivity index (χ3n) is 4.49. The van der Waals surface area contributed by atoms with Gasteiger partial charge in [0.2, 0.25) is 11.6 Å². The van der Waals surface area contributed by atoms with E-state index in [1.807, 2.05) is 39.0 Å². The van der Waals surface area contributed by atoms with E-state index in [4.69, 9.17) is 9.26 Å². The Morgan fingerprint density at radius 1 is 1.24 bits per heavy atom. The molecule has 3 rings (SSSR count). The summed E-state index contributed by atoms with van der Waals surface area (Å²) in [7, 11) is 1.59. The van der Waals surface area contributed by atoms with Crippen LogP contribution in [0.3, 0.4) is 0 Å². The number of methoxy groups -OCH3 is 1. The zero-order valence-corrected chi connectivity index (χ0v) is 17.6. The van der Waals surface area contributed by atoms with Gasteiger partial charge in [-0.2, -0.15) is 0 Å². The minimum atomic E-state index is -0.524. The van der Waals surface area contributed by atoms with Gasteiger partial charge < -0.3 is 10.1 Å². The minimum Gasteiger partial charge on any atom is -0.497 e. The molecule has 29 heavy (non-hydrogen) atoms. The second kappa shape index (κ2) is 9.00. The summed E-state index contributed by atoms with van der Waals surface area (Å²) < 4.78 is 11.7. The van der Waals surface area contributed by atoms with Gasteiger partial charge in [0.05, 0.1) is 12.4 Å². The molecule has 0 saturated carbocycles. The summed E-state index contributed by atoms with van der Waals surface area (Å²) in [6, 6.07) is 13.0. The molecule has 0 saturated heterocycles. The van der Waals surface area contributed by atoms with Gasteiger partial charge in [0.1, 0.15) is 5.75 Å². The Labute approximate surface area is 173 Å². The third kappa shape index (κ3) is 4.71. The highest BCUT2D eigenvalue weighted by Crippen LogP contribution is 2.24. The number of anilines is 1. The molecule has 8 heteroatoms. The van der Waals surface area contributed by atoms with Crippen LogP contribution in [0.5, 0.6) is 5.75 Å². The number of rotatable bonds is 7. The molecule has 1 aromatic heterocycles. The monoisotopic (exact) mass is 414 g/mol. The minimum absolute atomic E-state index is 0.161. The van der Waals surface area contributed by atoms with Gasteiger partial charge in [-0.05, 0) is 65.7 Å². The summed E-state index contributed by atoms with van der Waals surface area (Å²) in [5.41, 5.74) is 3.07. The number of carbonyl (C=O) groups is 1. The van der Waals surface area contributed by atoms with E-state index in [1.165, 1.54) is 16.4 Å². The van der Waals surface area contributed by atoms with E-state index in [1.54, 1.807) is 31.4 Å². The van der Waals surface area contributed by atoms with Crippen molar-refractivity contribution in [2.24, 2.45) is 0 Å².